The van der Waals surface area contributed by atoms with Crippen molar-refractivity contribution in [2.24, 2.45) is 5.73 Å². The summed E-state index contributed by atoms with van der Waals surface area (Å²) in [5.41, 5.74) is 8.74. The normalized spacial score (nSPS) is 15.6. The molecule has 1 aliphatic heterocycles. The van der Waals surface area contributed by atoms with Crippen LogP contribution in [-0.2, 0) is 4.79 Å². The number of anilines is 2. The number of nitrogens with zero attached hydrogens (tertiary/aromatic N) is 2. The van der Waals surface area contributed by atoms with E-state index in [1.165, 1.54) is 13.2 Å². The second-order valence-electron chi connectivity index (χ2n) is 7.28. The van der Waals surface area contributed by atoms with Gasteiger partial charge in [0.05, 0.1) is 23.7 Å². The molecule has 0 fully saturated rings. The standard InChI is InChI=1S/C23H21N3O4/c1-14-13-25(23(29)21-4-3-11-30-21)20-12-18(9-10-19(20)26(14)15(2)27)16-5-7-17(8-6-16)22(24)28/h3-12,14H,13H2,1-2H3,(H2,24,28). The molecule has 1 aliphatic rings. The number of rotatable bonds is 3. The third kappa shape index (κ3) is 3.34. The molecule has 0 spiro atoms. The minimum Gasteiger partial charge on any atom is -0.459 e. The van der Waals surface area contributed by atoms with Gasteiger partial charge in [0.1, 0.15) is 0 Å². The summed E-state index contributed by atoms with van der Waals surface area (Å²) in [4.78, 5) is 40.1. The van der Waals surface area contributed by atoms with Crippen LogP contribution in [0.4, 0.5) is 11.4 Å². The third-order valence-corrected chi connectivity index (χ3v) is 5.23. The van der Waals surface area contributed by atoms with Crippen LogP contribution in [0.15, 0.2) is 65.3 Å². The number of benzene rings is 2. The van der Waals surface area contributed by atoms with E-state index in [0.717, 1.165) is 11.1 Å². The van der Waals surface area contributed by atoms with Gasteiger partial charge in [0.2, 0.25) is 11.8 Å². The maximum absolute atomic E-state index is 13.1. The fourth-order valence-electron chi connectivity index (χ4n) is 3.84. The second kappa shape index (κ2) is 7.51. The van der Waals surface area contributed by atoms with Gasteiger partial charge in [0, 0.05) is 19.0 Å². The molecule has 30 heavy (non-hydrogen) atoms. The molecule has 152 valence electrons. The molecular weight excluding hydrogens is 382 g/mol. The van der Waals surface area contributed by atoms with Gasteiger partial charge < -0.3 is 20.0 Å². The van der Waals surface area contributed by atoms with Crippen molar-refractivity contribution in [2.45, 2.75) is 19.9 Å². The summed E-state index contributed by atoms with van der Waals surface area (Å²) < 4.78 is 5.31. The summed E-state index contributed by atoms with van der Waals surface area (Å²) in [5, 5.41) is 0. The predicted octanol–water partition coefficient (Wildman–Crippen LogP) is 3.45. The average Bonchev–Trinajstić information content (AvgIpc) is 3.27. The van der Waals surface area contributed by atoms with Crippen LogP contribution < -0.4 is 15.5 Å². The largest absolute Gasteiger partial charge is 0.459 e. The van der Waals surface area contributed by atoms with Crippen LogP contribution in [-0.4, -0.2) is 30.3 Å². The number of hydrogen-bond acceptors (Lipinski definition) is 4. The van der Waals surface area contributed by atoms with Gasteiger partial charge in [-0.15, -0.1) is 0 Å². The van der Waals surface area contributed by atoms with Crippen LogP contribution >= 0.6 is 0 Å². The van der Waals surface area contributed by atoms with Gasteiger partial charge in [0.15, 0.2) is 5.76 Å². The topological polar surface area (TPSA) is 96.9 Å². The number of primary amides is 1. The Labute approximate surface area is 173 Å². The van der Waals surface area contributed by atoms with Gasteiger partial charge in [0.25, 0.3) is 5.91 Å². The first-order chi connectivity index (χ1) is 14.4. The van der Waals surface area contributed by atoms with Gasteiger partial charge in [-0.2, -0.15) is 0 Å². The molecule has 3 amide bonds. The monoisotopic (exact) mass is 403 g/mol. The zero-order valence-electron chi connectivity index (χ0n) is 16.7. The Bertz CT molecular complexity index is 1120. The summed E-state index contributed by atoms with van der Waals surface area (Å²) in [5.74, 6) is -0.612. The molecule has 2 aromatic carbocycles. The van der Waals surface area contributed by atoms with Crippen LogP contribution in [0.2, 0.25) is 0 Å². The molecule has 1 atom stereocenters. The molecule has 7 nitrogen and oxygen atoms in total. The number of furan rings is 1. The summed E-state index contributed by atoms with van der Waals surface area (Å²) in [6.07, 6.45) is 1.46. The first-order valence-corrected chi connectivity index (χ1v) is 9.56. The van der Waals surface area contributed by atoms with E-state index in [4.69, 9.17) is 10.2 Å². The number of nitrogens with two attached hydrogens (primary N) is 1. The number of hydrogen-bond donors (Lipinski definition) is 1. The summed E-state index contributed by atoms with van der Waals surface area (Å²) in [7, 11) is 0. The predicted molar refractivity (Wildman–Crippen MR) is 113 cm³/mol. The first kappa shape index (κ1) is 19.4. The van der Waals surface area contributed by atoms with Gasteiger partial charge in [-0.05, 0) is 54.4 Å². The van der Waals surface area contributed by atoms with Crippen LogP contribution in [0, 0.1) is 0 Å². The maximum Gasteiger partial charge on any atom is 0.294 e. The van der Waals surface area contributed by atoms with Crippen molar-refractivity contribution in [3.8, 4) is 11.1 Å². The molecule has 4 rings (SSSR count). The number of amides is 3. The van der Waals surface area contributed by atoms with Crippen molar-refractivity contribution in [1.29, 1.82) is 0 Å². The van der Waals surface area contributed by atoms with Gasteiger partial charge in [-0.3, -0.25) is 14.4 Å². The lowest BCUT2D eigenvalue weighted by molar-refractivity contribution is -0.117. The van der Waals surface area contributed by atoms with E-state index in [2.05, 4.69) is 0 Å². The van der Waals surface area contributed by atoms with E-state index in [1.54, 1.807) is 46.2 Å². The summed E-state index contributed by atoms with van der Waals surface area (Å²) in [6.45, 7) is 3.76. The number of fused-ring (bicyclic) bond motifs is 1. The van der Waals surface area contributed by atoms with Crippen LogP contribution in [0.3, 0.4) is 0 Å². The number of carbonyl (C=O) groups excluding carboxylic acids is 3. The zero-order valence-corrected chi connectivity index (χ0v) is 16.7. The van der Waals surface area contributed by atoms with E-state index in [9.17, 15) is 14.4 Å². The SMILES string of the molecule is CC(=O)N1c2ccc(-c3ccc(C(N)=O)cc3)cc2N(C(=O)c2ccco2)CC1C. The lowest BCUT2D eigenvalue weighted by Crippen LogP contribution is -2.51. The van der Waals surface area contributed by atoms with E-state index in [0.29, 0.717) is 23.5 Å². The molecule has 0 radical (unpaired) electrons. The van der Waals surface area contributed by atoms with Crippen molar-refractivity contribution < 1.29 is 18.8 Å². The molecule has 0 saturated heterocycles. The van der Waals surface area contributed by atoms with Crippen molar-refractivity contribution >= 4 is 29.1 Å². The van der Waals surface area contributed by atoms with Crippen LogP contribution in [0.25, 0.3) is 11.1 Å². The molecular formula is C23H21N3O4. The van der Waals surface area contributed by atoms with Gasteiger partial charge in [-0.1, -0.05) is 18.2 Å². The summed E-state index contributed by atoms with van der Waals surface area (Å²) in [6, 6.07) is 15.6. The fraction of sp³-hybridized carbons (Fsp3) is 0.174. The van der Waals surface area contributed by atoms with Crippen LogP contribution in [0.1, 0.15) is 34.8 Å². The smallest absolute Gasteiger partial charge is 0.294 e. The minimum atomic E-state index is -0.492. The Hall–Kier alpha value is -3.87. The lowest BCUT2D eigenvalue weighted by atomic mass is 9.99. The van der Waals surface area contributed by atoms with E-state index < -0.39 is 5.91 Å². The second-order valence-corrected chi connectivity index (χ2v) is 7.28. The molecule has 0 aliphatic carbocycles. The number of carbonyl (C=O) groups is 3. The Balaban J connectivity index is 1.81. The molecule has 2 heterocycles. The molecule has 1 unspecified atom stereocenters. The van der Waals surface area contributed by atoms with Crippen molar-refractivity contribution in [2.75, 3.05) is 16.3 Å². The Morgan fingerprint density at radius 3 is 2.30 bits per heavy atom. The van der Waals surface area contributed by atoms with Crippen molar-refractivity contribution in [1.82, 2.24) is 0 Å². The average molecular weight is 403 g/mol. The zero-order chi connectivity index (χ0) is 21.4. The highest BCUT2D eigenvalue weighted by molar-refractivity contribution is 6.10. The molecule has 0 saturated carbocycles. The Morgan fingerprint density at radius 2 is 1.70 bits per heavy atom. The molecule has 1 aromatic heterocycles. The lowest BCUT2D eigenvalue weighted by Gasteiger charge is -2.40. The molecule has 3 aromatic rings. The van der Waals surface area contributed by atoms with Crippen LogP contribution in [0.5, 0.6) is 0 Å². The van der Waals surface area contributed by atoms with Crippen molar-refractivity contribution in [3.05, 3.63) is 72.2 Å². The van der Waals surface area contributed by atoms with E-state index in [-0.39, 0.29) is 23.6 Å². The van der Waals surface area contributed by atoms with E-state index in [1.807, 2.05) is 25.1 Å². The Kier molecular flexibility index (Phi) is 4.87. The van der Waals surface area contributed by atoms with Gasteiger partial charge >= 0.3 is 0 Å². The van der Waals surface area contributed by atoms with Gasteiger partial charge in [-0.25, -0.2) is 0 Å². The minimum absolute atomic E-state index is 0.0904. The fourth-order valence-corrected chi connectivity index (χ4v) is 3.84. The molecule has 0 bridgehead atoms. The third-order valence-electron chi connectivity index (χ3n) is 5.23. The maximum atomic E-state index is 13.1. The quantitative estimate of drug-likeness (QED) is 0.724. The first-order valence-electron chi connectivity index (χ1n) is 9.56. The van der Waals surface area contributed by atoms with Crippen molar-refractivity contribution in [3.63, 3.8) is 0 Å². The highest BCUT2D eigenvalue weighted by Gasteiger charge is 2.34. The molecule has 7 heteroatoms. The highest BCUT2D eigenvalue weighted by Crippen LogP contribution is 2.39. The molecule has 2 N–H and O–H groups in total. The van der Waals surface area contributed by atoms with E-state index >= 15 is 0 Å². The summed E-state index contributed by atoms with van der Waals surface area (Å²) >= 11 is 0. The Morgan fingerprint density at radius 1 is 1.00 bits per heavy atom. The highest BCUT2D eigenvalue weighted by atomic mass is 16.3.